The molecule has 2 heterocycles. The molecule has 0 bridgehead atoms. The van der Waals surface area contributed by atoms with E-state index in [2.05, 4.69) is 15.2 Å². The Kier molecular flexibility index (Phi) is 6.34. The molecule has 2 aromatic rings. The second-order valence-electron chi connectivity index (χ2n) is 5.83. The van der Waals surface area contributed by atoms with E-state index >= 15 is 0 Å². The van der Waals surface area contributed by atoms with Crippen molar-refractivity contribution in [3.8, 4) is 17.3 Å². The number of hydrogen-bond donors (Lipinski definition) is 1. The summed E-state index contributed by atoms with van der Waals surface area (Å²) >= 11 is 0. The molecule has 2 aromatic heterocycles. The summed E-state index contributed by atoms with van der Waals surface area (Å²) in [5, 5.41) is 6.00. The summed E-state index contributed by atoms with van der Waals surface area (Å²) in [6.07, 6.45) is -3.07. The molecule has 0 saturated heterocycles. The number of hydrogen-bond acceptors (Lipinski definition) is 5. The van der Waals surface area contributed by atoms with Crippen molar-refractivity contribution in [3.63, 3.8) is 0 Å². The van der Waals surface area contributed by atoms with Crippen molar-refractivity contribution in [1.82, 2.24) is 15.2 Å². The van der Waals surface area contributed by atoms with Crippen LogP contribution >= 0.6 is 0 Å². The summed E-state index contributed by atoms with van der Waals surface area (Å²) in [5.41, 5.74) is -4.37. The van der Waals surface area contributed by atoms with Gasteiger partial charge in [0.15, 0.2) is 5.69 Å². The number of nitrogens with zero attached hydrogens (tertiary/aromatic N) is 2. The molecule has 0 aliphatic carbocycles. The van der Waals surface area contributed by atoms with Crippen molar-refractivity contribution >= 4 is 10.8 Å². The standard InChI is InChI=1S/C16H17F4N3O3S/c1-3-7-27(25)11-5-4-6-21-14(11)13-10(24)8-12(22-23-13)26-9-15(2,17)16(18,19)20/h4-6,8H,3,7,9H2,1-2H3,(H,22,24). The van der Waals surface area contributed by atoms with Crippen LogP contribution in [0.3, 0.4) is 0 Å². The highest BCUT2D eigenvalue weighted by Crippen LogP contribution is 2.33. The van der Waals surface area contributed by atoms with Crippen LogP contribution in [-0.4, -0.2) is 43.6 Å². The number of ether oxygens (including phenoxy) is 1. The van der Waals surface area contributed by atoms with Crippen LogP contribution in [0.25, 0.3) is 11.4 Å². The van der Waals surface area contributed by atoms with Gasteiger partial charge in [0.25, 0.3) is 0 Å². The van der Waals surface area contributed by atoms with E-state index in [0.29, 0.717) is 24.0 Å². The van der Waals surface area contributed by atoms with E-state index < -0.39 is 40.6 Å². The molecule has 148 valence electrons. The first-order valence-corrected chi connectivity index (χ1v) is 9.20. The van der Waals surface area contributed by atoms with Crippen LogP contribution in [0.5, 0.6) is 5.88 Å². The summed E-state index contributed by atoms with van der Waals surface area (Å²) in [6.45, 7) is 0.837. The minimum atomic E-state index is -5.12. The van der Waals surface area contributed by atoms with Crippen molar-refractivity contribution in [2.45, 2.75) is 37.0 Å². The third-order valence-corrected chi connectivity index (χ3v) is 5.09. The van der Waals surface area contributed by atoms with Crippen LogP contribution in [0.1, 0.15) is 20.3 Å². The van der Waals surface area contributed by atoms with E-state index in [1.165, 1.54) is 6.20 Å². The minimum absolute atomic E-state index is 0.0997. The fourth-order valence-corrected chi connectivity index (χ4v) is 3.16. The maximum absolute atomic E-state index is 13.5. The summed E-state index contributed by atoms with van der Waals surface area (Å²) in [4.78, 5) is 16.6. The maximum atomic E-state index is 13.5. The Bertz CT molecular complexity index is 884. The van der Waals surface area contributed by atoms with Crippen molar-refractivity contribution in [1.29, 1.82) is 0 Å². The van der Waals surface area contributed by atoms with E-state index in [4.69, 9.17) is 4.74 Å². The number of halogens is 4. The van der Waals surface area contributed by atoms with Crippen LogP contribution in [0.4, 0.5) is 17.6 Å². The maximum Gasteiger partial charge on any atom is 0.425 e. The van der Waals surface area contributed by atoms with E-state index in [9.17, 15) is 26.6 Å². The van der Waals surface area contributed by atoms with Gasteiger partial charge in [-0.1, -0.05) is 6.92 Å². The molecule has 0 aliphatic rings. The Morgan fingerprint density at radius 3 is 2.56 bits per heavy atom. The lowest BCUT2D eigenvalue weighted by atomic mass is 10.1. The Labute approximate surface area is 154 Å². The monoisotopic (exact) mass is 407 g/mol. The molecule has 6 nitrogen and oxygen atoms in total. The second kappa shape index (κ2) is 8.15. The zero-order valence-corrected chi connectivity index (χ0v) is 15.3. The van der Waals surface area contributed by atoms with Crippen LogP contribution in [0.2, 0.25) is 0 Å². The lowest BCUT2D eigenvalue weighted by Gasteiger charge is -2.23. The van der Waals surface area contributed by atoms with E-state index in [1.54, 1.807) is 12.1 Å². The molecule has 0 aliphatic heterocycles. The minimum Gasteiger partial charge on any atom is -0.474 e. The number of nitrogens with one attached hydrogen (secondary N) is 1. The van der Waals surface area contributed by atoms with Gasteiger partial charge in [-0.2, -0.15) is 18.3 Å². The van der Waals surface area contributed by atoms with Gasteiger partial charge in [0, 0.05) is 18.0 Å². The van der Waals surface area contributed by atoms with Crippen LogP contribution in [0.15, 0.2) is 34.1 Å². The molecule has 0 spiro atoms. The van der Waals surface area contributed by atoms with Gasteiger partial charge in [0.1, 0.15) is 12.3 Å². The average Bonchev–Trinajstić information content (AvgIpc) is 2.59. The predicted molar refractivity (Wildman–Crippen MR) is 90.7 cm³/mol. The van der Waals surface area contributed by atoms with E-state index in [1.807, 2.05) is 6.92 Å². The fourth-order valence-electron chi connectivity index (χ4n) is 1.97. The van der Waals surface area contributed by atoms with Gasteiger partial charge in [0.05, 0.1) is 15.7 Å². The quantitative estimate of drug-likeness (QED) is 0.714. The average molecular weight is 407 g/mol. The first-order chi connectivity index (χ1) is 12.6. The number of aromatic nitrogens is 3. The zero-order valence-electron chi connectivity index (χ0n) is 14.5. The molecule has 2 rings (SSSR count). The Balaban J connectivity index is 2.29. The van der Waals surface area contributed by atoms with Crippen molar-refractivity contribution in [3.05, 3.63) is 34.6 Å². The molecule has 0 radical (unpaired) electrons. The molecule has 0 fully saturated rings. The molecule has 2 unspecified atom stereocenters. The molecule has 0 aromatic carbocycles. The van der Waals surface area contributed by atoms with Crippen molar-refractivity contribution in [2.24, 2.45) is 0 Å². The van der Waals surface area contributed by atoms with Gasteiger partial charge in [-0.25, -0.2) is 9.49 Å². The molecule has 0 saturated carbocycles. The van der Waals surface area contributed by atoms with E-state index in [-0.39, 0.29) is 11.4 Å². The van der Waals surface area contributed by atoms with Gasteiger partial charge >= 0.3 is 6.18 Å². The lowest BCUT2D eigenvalue weighted by molar-refractivity contribution is -0.231. The molecule has 0 amide bonds. The van der Waals surface area contributed by atoms with Gasteiger partial charge < -0.3 is 4.74 Å². The first kappa shape index (κ1) is 21.0. The van der Waals surface area contributed by atoms with Gasteiger partial charge in [-0.05, 0) is 25.5 Å². The highest BCUT2D eigenvalue weighted by molar-refractivity contribution is 7.85. The van der Waals surface area contributed by atoms with Crippen LogP contribution < -0.4 is 10.2 Å². The predicted octanol–water partition coefficient (Wildman–Crippen LogP) is 3.02. The molecule has 27 heavy (non-hydrogen) atoms. The lowest BCUT2D eigenvalue weighted by Crippen LogP contribution is -2.43. The summed E-state index contributed by atoms with van der Waals surface area (Å²) in [5.74, 6) is -0.0614. The summed E-state index contributed by atoms with van der Waals surface area (Å²) < 4.78 is 68.0. The molecule has 2 atom stereocenters. The topological polar surface area (TPSA) is 84.9 Å². The van der Waals surface area contributed by atoms with Crippen molar-refractivity contribution < 1.29 is 26.5 Å². The van der Waals surface area contributed by atoms with Gasteiger partial charge in [-0.3, -0.25) is 14.0 Å². The number of H-pyrrole nitrogens is 1. The molecule has 11 heteroatoms. The molecular formula is C16H17F4N3O3S. The van der Waals surface area contributed by atoms with Gasteiger partial charge in [0.2, 0.25) is 17.0 Å². The largest absolute Gasteiger partial charge is 0.474 e. The second-order valence-corrected chi connectivity index (χ2v) is 7.37. The number of pyridine rings is 1. The van der Waals surface area contributed by atoms with E-state index in [0.717, 1.165) is 6.07 Å². The van der Waals surface area contributed by atoms with Gasteiger partial charge in [-0.15, -0.1) is 0 Å². The Morgan fingerprint density at radius 2 is 1.96 bits per heavy atom. The highest BCUT2D eigenvalue weighted by Gasteiger charge is 2.53. The third kappa shape index (κ3) is 4.90. The number of rotatable bonds is 7. The highest BCUT2D eigenvalue weighted by atomic mass is 32.2. The fraction of sp³-hybridized carbons (Fsp3) is 0.438. The molecular weight excluding hydrogens is 390 g/mol. The SMILES string of the molecule is CCCS(=O)c1cccnc1-c1n[nH]c(OCC(C)(F)C(F)(F)F)cc1=O. The smallest absolute Gasteiger partial charge is 0.425 e. The first-order valence-electron chi connectivity index (χ1n) is 7.88. The summed E-state index contributed by atoms with van der Waals surface area (Å²) in [6, 6.07) is 3.96. The molecule has 1 N–H and O–H groups in total. The normalized spacial score (nSPS) is 15.2. The number of aromatic amines is 1. The number of alkyl halides is 4. The Hall–Kier alpha value is -2.30. The van der Waals surface area contributed by atoms with Crippen LogP contribution in [-0.2, 0) is 10.8 Å². The third-order valence-electron chi connectivity index (χ3n) is 3.49. The van der Waals surface area contributed by atoms with Crippen molar-refractivity contribution in [2.75, 3.05) is 12.4 Å². The van der Waals surface area contributed by atoms with Crippen LogP contribution in [0, 0.1) is 0 Å². The zero-order chi connectivity index (χ0) is 20.2. The Morgan fingerprint density at radius 1 is 1.26 bits per heavy atom. The summed E-state index contributed by atoms with van der Waals surface area (Å²) in [7, 11) is -1.40.